The first-order chi connectivity index (χ1) is 8.72. The van der Waals surface area contributed by atoms with Crippen LogP contribution in [0.5, 0.6) is 0 Å². The van der Waals surface area contributed by atoms with Gasteiger partial charge in [0.1, 0.15) is 0 Å². The van der Waals surface area contributed by atoms with Gasteiger partial charge in [0.2, 0.25) is 0 Å². The highest BCUT2D eigenvalue weighted by atomic mass is 35.5. The number of hydrogen-bond donors (Lipinski definition) is 1. The minimum atomic E-state index is -0.221. The molecule has 1 heterocycles. The number of methoxy groups -OCH3 is 1. The fourth-order valence-corrected chi connectivity index (χ4v) is 2.79. The summed E-state index contributed by atoms with van der Waals surface area (Å²) < 4.78 is 4.95. The molecule has 2 atom stereocenters. The molecule has 0 radical (unpaired) electrons. The van der Waals surface area contributed by atoms with Gasteiger partial charge in [0.25, 0.3) is 0 Å². The van der Waals surface area contributed by atoms with Crippen LogP contribution in [0.4, 0.5) is 0 Å². The Kier molecular flexibility index (Phi) is 4.61. The Balaban J connectivity index is 2.26. The van der Waals surface area contributed by atoms with E-state index >= 15 is 0 Å². The number of halogens is 1. The van der Waals surface area contributed by atoms with Crippen LogP contribution in [0.2, 0.25) is 5.02 Å². The van der Waals surface area contributed by atoms with E-state index in [0.717, 1.165) is 31.5 Å². The highest BCUT2D eigenvalue weighted by Gasteiger charge is 2.31. The van der Waals surface area contributed by atoms with Gasteiger partial charge in [-0.2, -0.15) is 0 Å². The molecule has 3 nitrogen and oxygen atoms in total. The van der Waals surface area contributed by atoms with Crippen LogP contribution in [0.15, 0.2) is 24.3 Å². The summed E-state index contributed by atoms with van der Waals surface area (Å²) in [5.74, 6) is -0.114. The van der Waals surface area contributed by atoms with Crippen LogP contribution < -0.4 is 5.32 Å². The van der Waals surface area contributed by atoms with E-state index in [2.05, 4.69) is 5.32 Å². The minimum absolute atomic E-state index is 0.175. The molecule has 0 aromatic heterocycles. The monoisotopic (exact) mass is 267 g/mol. The molecule has 0 saturated carbocycles. The summed E-state index contributed by atoms with van der Waals surface area (Å²) in [7, 11) is 1.44. The zero-order chi connectivity index (χ0) is 13.0. The lowest BCUT2D eigenvalue weighted by Gasteiger charge is -2.29. The van der Waals surface area contributed by atoms with Gasteiger partial charge in [0.15, 0.2) is 0 Å². The average Bonchev–Trinajstić information content (AvgIpc) is 2.40. The van der Waals surface area contributed by atoms with Crippen LogP contribution in [-0.4, -0.2) is 26.2 Å². The van der Waals surface area contributed by atoms with E-state index in [-0.39, 0.29) is 17.8 Å². The molecule has 98 valence electrons. The number of benzene rings is 1. The van der Waals surface area contributed by atoms with Crippen LogP contribution >= 0.6 is 11.6 Å². The van der Waals surface area contributed by atoms with Crippen molar-refractivity contribution >= 4 is 17.6 Å². The Hall–Kier alpha value is -1.06. The van der Waals surface area contributed by atoms with E-state index in [4.69, 9.17) is 16.3 Å². The molecule has 1 N–H and O–H groups in total. The standard InChI is InChI=1S/C14H18ClNO2/c1-18-14(17)13(11-5-3-7-16-9-11)10-4-2-6-12(15)8-10/h2,4,6,8,11,13,16H,3,5,7,9H2,1H3. The van der Waals surface area contributed by atoms with E-state index in [9.17, 15) is 4.79 Å². The second-order valence-corrected chi connectivity index (χ2v) is 5.10. The number of esters is 1. The molecular formula is C14H18ClNO2. The van der Waals surface area contributed by atoms with Gasteiger partial charge in [-0.3, -0.25) is 4.79 Å². The van der Waals surface area contributed by atoms with Gasteiger partial charge >= 0.3 is 5.97 Å². The maximum Gasteiger partial charge on any atom is 0.313 e. The van der Waals surface area contributed by atoms with E-state index in [1.807, 2.05) is 24.3 Å². The number of ether oxygens (including phenoxy) is 1. The first kappa shape index (κ1) is 13.4. The fourth-order valence-electron chi connectivity index (χ4n) is 2.59. The van der Waals surface area contributed by atoms with Gasteiger partial charge < -0.3 is 10.1 Å². The van der Waals surface area contributed by atoms with Crippen LogP contribution in [0.1, 0.15) is 24.3 Å². The van der Waals surface area contributed by atoms with Crippen molar-refractivity contribution in [2.45, 2.75) is 18.8 Å². The zero-order valence-electron chi connectivity index (χ0n) is 10.5. The molecule has 0 bridgehead atoms. The molecule has 0 amide bonds. The van der Waals surface area contributed by atoms with Gasteiger partial charge in [-0.05, 0) is 49.5 Å². The third kappa shape index (κ3) is 3.03. The highest BCUT2D eigenvalue weighted by Crippen LogP contribution is 2.31. The molecule has 1 aromatic rings. The second kappa shape index (κ2) is 6.21. The van der Waals surface area contributed by atoms with Crippen LogP contribution in [0.25, 0.3) is 0 Å². The molecule has 1 saturated heterocycles. The van der Waals surface area contributed by atoms with Crippen molar-refractivity contribution in [1.29, 1.82) is 0 Å². The largest absolute Gasteiger partial charge is 0.469 e. The normalized spacial score (nSPS) is 21.3. The molecule has 2 rings (SSSR count). The smallest absolute Gasteiger partial charge is 0.313 e. The molecule has 0 aliphatic carbocycles. The molecular weight excluding hydrogens is 250 g/mol. The van der Waals surface area contributed by atoms with Crippen LogP contribution in [0, 0.1) is 5.92 Å². The molecule has 1 aliphatic rings. The number of rotatable bonds is 3. The Morgan fingerprint density at radius 2 is 2.39 bits per heavy atom. The van der Waals surface area contributed by atoms with Crippen molar-refractivity contribution < 1.29 is 9.53 Å². The molecule has 1 aromatic carbocycles. The Morgan fingerprint density at radius 1 is 1.56 bits per heavy atom. The number of carbonyl (C=O) groups excluding carboxylic acids is 1. The average molecular weight is 268 g/mol. The molecule has 0 spiro atoms. The first-order valence-corrected chi connectivity index (χ1v) is 6.64. The lowest BCUT2D eigenvalue weighted by molar-refractivity contribution is -0.144. The van der Waals surface area contributed by atoms with Crippen molar-refractivity contribution in [3.05, 3.63) is 34.9 Å². The summed E-state index contributed by atoms with van der Waals surface area (Å²) in [6.45, 7) is 1.88. The van der Waals surface area contributed by atoms with Crippen molar-refractivity contribution in [2.24, 2.45) is 5.92 Å². The van der Waals surface area contributed by atoms with Crippen molar-refractivity contribution in [3.8, 4) is 0 Å². The second-order valence-electron chi connectivity index (χ2n) is 4.66. The molecule has 2 unspecified atom stereocenters. The predicted octanol–water partition coefficient (Wildman–Crippen LogP) is 2.60. The van der Waals surface area contributed by atoms with Crippen molar-refractivity contribution in [1.82, 2.24) is 5.32 Å². The fraction of sp³-hybridized carbons (Fsp3) is 0.500. The van der Waals surface area contributed by atoms with Gasteiger partial charge in [0, 0.05) is 5.02 Å². The molecule has 18 heavy (non-hydrogen) atoms. The van der Waals surface area contributed by atoms with Crippen LogP contribution in [-0.2, 0) is 9.53 Å². The Morgan fingerprint density at radius 3 is 3.00 bits per heavy atom. The third-order valence-corrected chi connectivity index (χ3v) is 3.70. The summed E-state index contributed by atoms with van der Waals surface area (Å²) in [6, 6.07) is 7.50. The van der Waals surface area contributed by atoms with Gasteiger partial charge in [-0.25, -0.2) is 0 Å². The summed E-state index contributed by atoms with van der Waals surface area (Å²) >= 11 is 6.01. The number of carbonyl (C=O) groups is 1. The molecule has 4 heteroatoms. The summed E-state index contributed by atoms with van der Waals surface area (Å²) in [5, 5.41) is 4.00. The quantitative estimate of drug-likeness (QED) is 0.856. The lowest BCUT2D eigenvalue weighted by atomic mass is 9.81. The van der Waals surface area contributed by atoms with Gasteiger partial charge in [-0.1, -0.05) is 23.7 Å². The van der Waals surface area contributed by atoms with Crippen molar-refractivity contribution in [3.63, 3.8) is 0 Å². The number of hydrogen-bond acceptors (Lipinski definition) is 3. The maximum atomic E-state index is 12.0. The molecule has 1 fully saturated rings. The Labute approximate surface area is 112 Å². The SMILES string of the molecule is COC(=O)C(c1cccc(Cl)c1)C1CCCNC1. The van der Waals surface area contributed by atoms with Gasteiger partial charge in [-0.15, -0.1) is 0 Å². The first-order valence-electron chi connectivity index (χ1n) is 6.26. The van der Waals surface area contributed by atoms with Gasteiger partial charge in [0.05, 0.1) is 13.0 Å². The van der Waals surface area contributed by atoms with E-state index < -0.39 is 0 Å². The summed E-state index contributed by atoms with van der Waals surface area (Å²) in [4.78, 5) is 12.0. The summed E-state index contributed by atoms with van der Waals surface area (Å²) in [5.41, 5.74) is 0.947. The predicted molar refractivity (Wildman–Crippen MR) is 71.8 cm³/mol. The Bertz CT molecular complexity index is 416. The maximum absolute atomic E-state index is 12.0. The lowest BCUT2D eigenvalue weighted by Crippen LogP contribution is -2.36. The van der Waals surface area contributed by atoms with Crippen LogP contribution in [0.3, 0.4) is 0 Å². The topological polar surface area (TPSA) is 38.3 Å². The van der Waals surface area contributed by atoms with Crippen molar-refractivity contribution in [2.75, 3.05) is 20.2 Å². The third-order valence-electron chi connectivity index (χ3n) is 3.47. The van der Waals surface area contributed by atoms with E-state index in [0.29, 0.717) is 5.02 Å². The summed E-state index contributed by atoms with van der Waals surface area (Å²) in [6.07, 6.45) is 2.14. The minimum Gasteiger partial charge on any atom is -0.469 e. The number of nitrogens with one attached hydrogen (secondary N) is 1. The van der Waals surface area contributed by atoms with E-state index in [1.165, 1.54) is 7.11 Å². The zero-order valence-corrected chi connectivity index (χ0v) is 11.2. The molecule has 1 aliphatic heterocycles. The highest BCUT2D eigenvalue weighted by molar-refractivity contribution is 6.30. The number of piperidine rings is 1. The van der Waals surface area contributed by atoms with E-state index in [1.54, 1.807) is 0 Å².